The Morgan fingerprint density at radius 1 is 0.510 bits per heavy atom. The van der Waals surface area contributed by atoms with Crippen LogP contribution in [0.2, 0.25) is 0 Å². The molecule has 5 nitrogen and oxygen atoms in total. The second-order valence-corrected chi connectivity index (χ2v) is 15.3. The highest BCUT2D eigenvalue weighted by molar-refractivity contribution is 5.76. The molecule has 0 aromatic rings. The molecule has 0 heterocycles. The van der Waals surface area contributed by atoms with Crippen molar-refractivity contribution in [2.45, 2.75) is 257 Å². The van der Waals surface area contributed by atoms with Gasteiger partial charge in [-0.25, -0.2) is 0 Å². The first-order valence-electron chi connectivity index (χ1n) is 22.0. The monoisotopic (exact) mass is 694 g/mol. The highest BCUT2D eigenvalue weighted by atomic mass is 16.3. The van der Waals surface area contributed by atoms with E-state index in [2.05, 4.69) is 19.2 Å². The van der Waals surface area contributed by atoms with E-state index < -0.39 is 18.2 Å². The zero-order valence-electron chi connectivity index (χ0n) is 33.1. The number of unbranched alkanes of at least 4 members (excludes halogenated alkanes) is 31. The molecular weight excluding hydrogens is 606 g/mol. The lowest BCUT2D eigenvalue weighted by atomic mass is 10.0. The van der Waals surface area contributed by atoms with E-state index in [1.165, 1.54) is 186 Å². The van der Waals surface area contributed by atoms with Gasteiger partial charge >= 0.3 is 0 Å². The number of hydrogen-bond donors (Lipinski definition) is 4. The second-order valence-electron chi connectivity index (χ2n) is 15.3. The zero-order valence-corrected chi connectivity index (χ0v) is 33.1. The minimum absolute atomic E-state index is 0.0182. The van der Waals surface area contributed by atoms with Gasteiger partial charge in [0.15, 0.2) is 0 Å². The Hall–Kier alpha value is -0.910. The van der Waals surface area contributed by atoms with Crippen molar-refractivity contribution in [3.8, 4) is 0 Å². The lowest BCUT2D eigenvalue weighted by Crippen LogP contribution is -2.45. The van der Waals surface area contributed by atoms with Crippen LogP contribution >= 0.6 is 0 Å². The van der Waals surface area contributed by atoms with E-state index in [-0.39, 0.29) is 18.9 Å². The Balaban J connectivity index is 3.51. The van der Waals surface area contributed by atoms with Gasteiger partial charge in [0.25, 0.3) is 0 Å². The Morgan fingerprint density at radius 2 is 0.837 bits per heavy atom. The average molecular weight is 694 g/mol. The minimum atomic E-state index is -0.922. The van der Waals surface area contributed by atoms with Crippen LogP contribution < -0.4 is 5.32 Å². The summed E-state index contributed by atoms with van der Waals surface area (Å²) < 4.78 is 0. The van der Waals surface area contributed by atoms with Gasteiger partial charge in [0.1, 0.15) is 0 Å². The Bertz CT molecular complexity index is 684. The Morgan fingerprint density at radius 3 is 1.18 bits per heavy atom. The number of aliphatic hydroxyl groups excluding tert-OH is 3. The van der Waals surface area contributed by atoms with Crippen LogP contribution in [0.5, 0.6) is 0 Å². The summed E-state index contributed by atoms with van der Waals surface area (Å²) in [6.45, 7) is 4.19. The SMILES string of the molecule is CCCCCCCCC/C=C/C(O)C(CO)NC(=O)CC(O)CCCCCCCCCCCCCCCCCCCCCCCCCCC. The van der Waals surface area contributed by atoms with Crippen LogP contribution in [-0.4, -0.2) is 46.1 Å². The predicted molar refractivity (Wildman–Crippen MR) is 213 cm³/mol. The van der Waals surface area contributed by atoms with E-state index in [0.717, 1.165) is 25.7 Å². The normalized spacial score (nSPS) is 13.7. The lowest BCUT2D eigenvalue weighted by Gasteiger charge is -2.21. The van der Waals surface area contributed by atoms with Gasteiger partial charge in [0.2, 0.25) is 5.91 Å². The molecule has 3 atom stereocenters. The number of hydrogen-bond acceptors (Lipinski definition) is 4. The predicted octanol–water partition coefficient (Wildman–Crippen LogP) is 12.4. The van der Waals surface area contributed by atoms with Crippen LogP contribution in [0.25, 0.3) is 0 Å². The van der Waals surface area contributed by atoms with Crippen molar-refractivity contribution >= 4 is 5.91 Å². The van der Waals surface area contributed by atoms with Crippen molar-refractivity contribution < 1.29 is 20.1 Å². The molecule has 0 rings (SSSR count). The molecule has 0 saturated heterocycles. The average Bonchev–Trinajstić information content (AvgIpc) is 3.09. The molecule has 3 unspecified atom stereocenters. The fourth-order valence-corrected chi connectivity index (χ4v) is 6.93. The van der Waals surface area contributed by atoms with Crippen molar-refractivity contribution in [3.05, 3.63) is 12.2 Å². The smallest absolute Gasteiger partial charge is 0.222 e. The molecule has 292 valence electrons. The van der Waals surface area contributed by atoms with Gasteiger partial charge in [0.05, 0.1) is 31.3 Å². The van der Waals surface area contributed by atoms with Gasteiger partial charge in [0, 0.05) is 0 Å². The summed E-state index contributed by atoms with van der Waals surface area (Å²) in [6, 6.07) is -0.737. The molecule has 4 N–H and O–H groups in total. The molecule has 0 aromatic heterocycles. The van der Waals surface area contributed by atoms with Gasteiger partial charge in [-0.15, -0.1) is 0 Å². The maximum absolute atomic E-state index is 12.4. The largest absolute Gasteiger partial charge is 0.394 e. The van der Waals surface area contributed by atoms with Crippen LogP contribution in [0, 0.1) is 0 Å². The molecule has 0 radical (unpaired) electrons. The summed E-state index contributed by atoms with van der Waals surface area (Å²) in [6.07, 6.45) is 46.6. The fourth-order valence-electron chi connectivity index (χ4n) is 6.93. The number of allylic oxidation sites excluding steroid dienone is 1. The van der Waals surface area contributed by atoms with Crippen molar-refractivity contribution in [3.63, 3.8) is 0 Å². The van der Waals surface area contributed by atoms with Crippen molar-refractivity contribution in [1.29, 1.82) is 0 Å². The van der Waals surface area contributed by atoms with E-state index in [1.54, 1.807) is 6.08 Å². The summed E-state index contributed by atoms with van der Waals surface area (Å²) >= 11 is 0. The maximum atomic E-state index is 12.4. The number of nitrogens with one attached hydrogen (secondary N) is 1. The number of amides is 1. The molecule has 0 aliphatic heterocycles. The van der Waals surface area contributed by atoms with Crippen LogP contribution in [0.15, 0.2) is 12.2 Å². The first-order valence-corrected chi connectivity index (χ1v) is 22.0. The molecular formula is C44H87NO4. The zero-order chi connectivity index (χ0) is 35.9. The van der Waals surface area contributed by atoms with Crippen molar-refractivity contribution in [1.82, 2.24) is 5.32 Å². The number of carbonyl (C=O) groups excluding carboxylic acids is 1. The third kappa shape index (κ3) is 36.7. The fraction of sp³-hybridized carbons (Fsp3) is 0.932. The van der Waals surface area contributed by atoms with E-state index in [0.29, 0.717) is 6.42 Å². The van der Waals surface area contributed by atoms with Crippen LogP contribution in [-0.2, 0) is 4.79 Å². The van der Waals surface area contributed by atoms with Gasteiger partial charge < -0.3 is 20.6 Å². The molecule has 5 heteroatoms. The summed E-state index contributed by atoms with van der Waals surface area (Å²) in [5.74, 6) is -0.314. The van der Waals surface area contributed by atoms with Gasteiger partial charge in [-0.3, -0.25) is 4.79 Å². The summed E-state index contributed by atoms with van der Waals surface area (Å²) in [5.41, 5.74) is 0. The third-order valence-corrected chi connectivity index (χ3v) is 10.3. The number of aliphatic hydroxyl groups is 3. The molecule has 0 spiro atoms. The number of carbonyl (C=O) groups is 1. The first-order chi connectivity index (χ1) is 24.0. The van der Waals surface area contributed by atoms with Gasteiger partial charge in [-0.05, 0) is 19.3 Å². The highest BCUT2D eigenvalue weighted by Gasteiger charge is 2.20. The van der Waals surface area contributed by atoms with E-state index in [4.69, 9.17) is 0 Å². The quantitative estimate of drug-likeness (QED) is 0.0380. The molecule has 0 aliphatic rings. The molecule has 0 bridgehead atoms. The minimum Gasteiger partial charge on any atom is -0.394 e. The van der Waals surface area contributed by atoms with E-state index in [1.807, 2.05) is 6.08 Å². The Labute approximate surface area is 306 Å². The van der Waals surface area contributed by atoms with Crippen molar-refractivity contribution in [2.24, 2.45) is 0 Å². The van der Waals surface area contributed by atoms with Gasteiger partial charge in [-0.1, -0.05) is 225 Å². The standard InChI is InChI=1S/C44H87NO4/c1-3-5-7-9-11-13-14-15-16-17-18-19-20-21-22-23-24-25-26-27-28-30-31-33-35-37-41(47)39-44(49)45-42(40-46)43(48)38-36-34-32-29-12-10-8-6-4-2/h36,38,41-43,46-48H,3-35,37,39-40H2,1-2H3,(H,45,49)/b38-36+. The second kappa shape index (κ2) is 39.9. The molecule has 0 aromatic carbocycles. The van der Waals surface area contributed by atoms with Crippen LogP contribution in [0.4, 0.5) is 0 Å². The molecule has 0 saturated carbocycles. The summed E-state index contributed by atoms with van der Waals surface area (Å²) in [4.78, 5) is 12.4. The molecule has 0 aliphatic carbocycles. The van der Waals surface area contributed by atoms with E-state index >= 15 is 0 Å². The molecule has 0 fully saturated rings. The first kappa shape index (κ1) is 48.1. The van der Waals surface area contributed by atoms with Crippen LogP contribution in [0.1, 0.15) is 239 Å². The van der Waals surface area contributed by atoms with E-state index in [9.17, 15) is 20.1 Å². The third-order valence-electron chi connectivity index (χ3n) is 10.3. The highest BCUT2D eigenvalue weighted by Crippen LogP contribution is 2.17. The van der Waals surface area contributed by atoms with Crippen molar-refractivity contribution in [2.75, 3.05) is 6.61 Å². The lowest BCUT2D eigenvalue weighted by molar-refractivity contribution is -0.124. The number of rotatable bonds is 40. The summed E-state index contributed by atoms with van der Waals surface area (Å²) in [7, 11) is 0. The topological polar surface area (TPSA) is 89.8 Å². The van der Waals surface area contributed by atoms with Gasteiger partial charge in [-0.2, -0.15) is 0 Å². The van der Waals surface area contributed by atoms with Crippen LogP contribution in [0.3, 0.4) is 0 Å². The maximum Gasteiger partial charge on any atom is 0.222 e. The Kier molecular flexibility index (Phi) is 39.1. The molecule has 49 heavy (non-hydrogen) atoms. The summed E-state index contributed by atoms with van der Waals surface area (Å²) in [5, 5.41) is 33.0. The molecule has 1 amide bonds.